The van der Waals surface area contributed by atoms with Crippen molar-refractivity contribution in [1.29, 1.82) is 0 Å². The maximum atomic E-state index is 11.8. The Morgan fingerprint density at radius 2 is 1.57 bits per heavy atom. The molecule has 84 valence electrons. The molecule has 0 bridgehead atoms. The number of sulfone groups is 1. The van der Waals surface area contributed by atoms with Gasteiger partial charge in [0.15, 0.2) is 15.1 Å². The van der Waals surface area contributed by atoms with Gasteiger partial charge in [0.05, 0.1) is 12.4 Å². The molecule has 2 atom stereocenters. The fraction of sp³-hybridized carbons (Fsp3) is 0.889. The smallest absolute Gasteiger partial charge is 0.323 e. The third-order valence-electron chi connectivity index (χ3n) is 2.48. The van der Waals surface area contributed by atoms with Gasteiger partial charge in [0.1, 0.15) is 0 Å². The van der Waals surface area contributed by atoms with Gasteiger partial charge in [0.25, 0.3) is 0 Å². The third-order valence-corrected chi connectivity index (χ3v) is 5.24. The molecule has 0 N–H and O–H groups in total. The number of hydrogen-bond acceptors (Lipinski definition) is 4. The first-order valence-corrected chi connectivity index (χ1v) is 6.16. The van der Waals surface area contributed by atoms with Gasteiger partial charge in [-0.25, -0.2) is 8.42 Å². The predicted molar refractivity (Wildman–Crippen MR) is 54.7 cm³/mol. The Balaban J connectivity index is 4.88. The van der Waals surface area contributed by atoms with Crippen LogP contribution in [0.25, 0.3) is 0 Å². The number of methoxy groups -OCH3 is 1. The van der Waals surface area contributed by atoms with Crippen LogP contribution in [0.2, 0.25) is 0 Å². The van der Waals surface area contributed by atoms with E-state index in [9.17, 15) is 13.2 Å². The first-order valence-electron chi connectivity index (χ1n) is 4.55. The van der Waals surface area contributed by atoms with Crippen molar-refractivity contribution in [1.82, 2.24) is 0 Å². The van der Waals surface area contributed by atoms with E-state index in [0.717, 1.165) is 0 Å². The first kappa shape index (κ1) is 13.4. The molecule has 14 heavy (non-hydrogen) atoms. The highest BCUT2D eigenvalue weighted by Gasteiger charge is 2.35. The zero-order chi connectivity index (χ0) is 11.5. The molecule has 0 saturated heterocycles. The van der Waals surface area contributed by atoms with Crippen LogP contribution in [-0.4, -0.2) is 32.0 Å². The summed E-state index contributed by atoms with van der Waals surface area (Å²) in [7, 11) is -2.24. The van der Waals surface area contributed by atoms with E-state index in [-0.39, 0.29) is 5.92 Å². The Morgan fingerprint density at radius 3 is 1.86 bits per heavy atom. The molecule has 5 heteroatoms. The minimum absolute atomic E-state index is 0.00731. The Labute approximate surface area is 85.6 Å². The van der Waals surface area contributed by atoms with Crippen LogP contribution in [0.1, 0.15) is 27.7 Å². The largest absolute Gasteiger partial charge is 0.468 e. The summed E-state index contributed by atoms with van der Waals surface area (Å²) in [5.41, 5.74) is 0. The second-order valence-corrected chi connectivity index (χ2v) is 6.33. The highest BCUT2D eigenvalue weighted by molar-refractivity contribution is 7.93. The van der Waals surface area contributed by atoms with Gasteiger partial charge >= 0.3 is 5.97 Å². The molecule has 0 fully saturated rings. The highest BCUT2D eigenvalue weighted by Crippen LogP contribution is 2.17. The summed E-state index contributed by atoms with van der Waals surface area (Å²) in [6, 6.07) is 0. The van der Waals surface area contributed by atoms with Crippen molar-refractivity contribution in [3.63, 3.8) is 0 Å². The first-order chi connectivity index (χ1) is 6.25. The van der Waals surface area contributed by atoms with E-state index in [1.165, 1.54) is 14.0 Å². The van der Waals surface area contributed by atoms with Crippen LogP contribution in [-0.2, 0) is 19.4 Å². The van der Waals surface area contributed by atoms with Crippen LogP contribution in [0, 0.1) is 5.92 Å². The molecule has 0 amide bonds. The van der Waals surface area contributed by atoms with Gasteiger partial charge < -0.3 is 4.74 Å². The average Bonchev–Trinajstić information content (AvgIpc) is 2.13. The van der Waals surface area contributed by atoms with Crippen LogP contribution >= 0.6 is 0 Å². The molecule has 2 unspecified atom stereocenters. The van der Waals surface area contributed by atoms with Crippen molar-refractivity contribution < 1.29 is 17.9 Å². The molecule has 0 aliphatic carbocycles. The van der Waals surface area contributed by atoms with E-state index >= 15 is 0 Å². The van der Waals surface area contributed by atoms with E-state index in [2.05, 4.69) is 4.74 Å². The Morgan fingerprint density at radius 1 is 1.14 bits per heavy atom. The molecule has 0 aromatic rings. The molecule has 0 aromatic heterocycles. The number of carbonyl (C=O) groups excluding carboxylic acids is 1. The molecular formula is C9H18O4S. The Bertz CT molecular complexity index is 292. The highest BCUT2D eigenvalue weighted by atomic mass is 32.2. The summed E-state index contributed by atoms with van der Waals surface area (Å²) in [6.45, 7) is 6.60. The molecule has 0 heterocycles. The molecule has 0 saturated carbocycles. The number of hydrogen-bond donors (Lipinski definition) is 0. The molecule has 0 spiro atoms. The average molecular weight is 222 g/mol. The van der Waals surface area contributed by atoms with Gasteiger partial charge in [-0.2, -0.15) is 0 Å². The van der Waals surface area contributed by atoms with E-state index in [0.29, 0.717) is 0 Å². The van der Waals surface area contributed by atoms with Crippen molar-refractivity contribution in [2.45, 2.75) is 38.2 Å². The maximum absolute atomic E-state index is 11.8. The van der Waals surface area contributed by atoms with Gasteiger partial charge in [-0.3, -0.25) is 4.79 Å². The topological polar surface area (TPSA) is 60.4 Å². The minimum atomic E-state index is -3.42. The monoisotopic (exact) mass is 222 g/mol. The van der Waals surface area contributed by atoms with Gasteiger partial charge in [0, 0.05) is 0 Å². The summed E-state index contributed by atoms with van der Waals surface area (Å²) in [4.78, 5) is 11.1. The molecule has 0 aliphatic rings. The second kappa shape index (κ2) is 4.77. The van der Waals surface area contributed by atoms with Gasteiger partial charge in [-0.1, -0.05) is 13.8 Å². The molecule has 0 radical (unpaired) electrons. The van der Waals surface area contributed by atoms with Crippen molar-refractivity contribution in [3.8, 4) is 0 Å². The molecule has 0 rings (SSSR count). The van der Waals surface area contributed by atoms with Crippen molar-refractivity contribution >= 4 is 15.8 Å². The number of ether oxygens (including phenoxy) is 1. The molecule has 0 aliphatic heterocycles. The molecule has 0 aromatic carbocycles. The SMILES string of the molecule is COC(=O)C(C)S(=O)(=O)C(C)C(C)C. The number of carbonyl (C=O) groups is 1. The molecule has 4 nitrogen and oxygen atoms in total. The van der Waals surface area contributed by atoms with Gasteiger partial charge in [0.2, 0.25) is 0 Å². The van der Waals surface area contributed by atoms with E-state index < -0.39 is 26.3 Å². The van der Waals surface area contributed by atoms with Crippen molar-refractivity contribution in [2.75, 3.05) is 7.11 Å². The summed E-state index contributed by atoms with van der Waals surface area (Å²) in [6.07, 6.45) is 0. The van der Waals surface area contributed by atoms with Crippen LogP contribution in [0.4, 0.5) is 0 Å². The summed E-state index contributed by atoms with van der Waals surface area (Å²) in [5.74, 6) is -0.704. The number of rotatable bonds is 4. The van der Waals surface area contributed by atoms with Gasteiger partial charge in [-0.05, 0) is 19.8 Å². The summed E-state index contributed by atoms with van der Waals surface area (Å²) >= 11 is 0. The quantitative estimate of drug-likeness (QED) is 0.666. The van der Waals surface area contributed by atoms with E-state index in [1.807, 2.05) is 13.8 Å². The second-order valence-electron chi connectivity index (χ2n) is 3.70. The van der Waals surface area contributed by atoms with Crippen LogP contribution in [0.5, 0.6) is 0 Å². The lowest BCUT2D eigenvalue weighted by atomic mass is 10.2. The van der Waals surface area contributed by atoms with Crippen LogP contribution in [0.3, 0.4) is 0 Å². The lowest BCUT2D eigenvalue weighted by Crippen LogP contribution is -2.37. The zero-order valence-electron chi connectivity index (χ0n) is 9.27. The van der Waals surface area contributed by atoms with Crippen LogP contribution in [0.15, 0.2) is 0 Å². The van der Waals surface area contributed by atoms with E-state index in [1.54, 1.807) is 6.92 Å². The Kier molecular flexibility index (Phi) is 4.58. The van der Waals surface area contributed by atoms with Crippen molar-refractivity contribution in [2.24, 2.45) is 5.92 Å². The molecular weight excluding hydrogens is 204 g/mol. The maximum Gasteiger partial charge on any atom is 0.323 e. The van der Waals surface area contributed by atoms with Crippen molar-refractivity contribution in [3.05, 3.63) is 0 Å². The third kappa shape index (κ3) is 2.70. The normalized spacial score (nSPS) is 16.4. The lowest BCUT2D eigenvalue weighted by Gasteiger charge is -2.19. The van der Waals surface area contributed by atoms with E-state index in [4.69, 9.17) is 0 Å². The lowest BCUT2D eigenvalue weighted by molar-refractivity contribution is -0.139. The van der Waals surface area contributed by atoms with Crippen LogP contribution < -0.4 is 0 Å². The summed E-state index contributed by atoms with van der Waals surface area (Å²) < 4.78 is 28.0. The zero-order valence-corrected chi connectivity index (χ0v) is 10.1. The summed E-state index contributed by atoms with van der Waals surface area (Å²) in [5, 5.41) is -1.61. The Hall–Kier alpha value is -0.580. The number of esters is 1. The predicted octanol–water partition coefficient (Wildman–Crippen LogP) is 1.01. The fourth-order valence-electron chi connectivity index (χ4n) is 1.00. The fourth-order valence-corrected chi connectivity index (χ4v) is 2.77. The van der Waals surface area contributed by atoms with Gasteiger partial charge in [-0.15, -0.1) is 0 Å². The minimum Gasteiger partial charge on any atom is -0.468 e. The standard InChI is InChI=1S/C9H18O4S/c1-6(2)7(3)14(11,12)8(4)9(10)13-5/h6-8H,1-5H3.